The zero-order chi connectivity index (χ0) is 26.9. The van der Waals surface area contributed by atoms with Gasteiger partial charge in [0.25, 0.3) is 11.5 Å². The molecule has 3 aromatic carbocycles. The molecule has 0 bridgehead atoms. The standard InChI is InChI=1S/C33H32N2O3/c1-23-14-16-26(17-15-23)35-29-19-33(2,3)20-30(36)27(29)18-28(32(35)38)31(37)34(21-24-10-6-4-7-11-24)22-25-12-8-5-9-13-25/h4-18H,19-22H2,1-3H3. The molecular weight excluding hydrogens is 472 g/mol. The molecule has 1 aliphatic carbocycles. The lowest BCUT2D eigenvalue weighted by molar-refractivity contribution is 0.0727. The maximum atomic E-state index is 14.1. The number of aryl methyl sites for hydroxylation is 1. The molecule has 0 saturated carbocycles. The van der Waals surface area contributed by atoms with Crippen LogP contribution in [0.15, 0.2) is 95.8 Å². The van der Waals surface area contributed by atoms with Crippen molar-refractivity contribution >= 4 is 11.7 Å². The average molecular weight is 505 g/mol. The molecule has 4 aromatic rings. The first-order valence-electron chi connectivity index (χ1n) is 13.0. The highest BCUT2D eigenvalue weighted by Crippen LogP contribution is 2.35. The first-order chi connectivity index (χ1) is 18.2. The maximum absolute atomic E-state index is 14.1. The molecule has 0 fully saturated rings. The normalized spacial score (nSPS) is 14.1. The van der Waals surface area contributed by atoms with Gasteiger partial charge in [-0.05, 0) is 48.1 Å². The van der Waals surface area contributed by atoms with E-state index in [9.17, 15) is 14.4 Å². The molecule has 0 N–H and O–H groups in total. The van der Waals surface area contributed by atoms with E-state index in [1.807, 2.05) is 106 Å². The average Bonchev–Trinajstić information content (AvgIpc) is 2.89. The van der Waals surface area contributed by atoms with Crippen molar-refractivity contribution in [2.75, 3.05) is 0 Å². The highest BCUT2D eigenvalue weighted by molar-refractivity contribution is 6.02. The summed E-state index contributed by atoms with van der Waals surface area (Å²) in [5.74, 6) is -0.423. The molecule has 38 heavy (non-hydrogen) atoms. The van der Waals surface area contributed by atoms with Crippen molar-refractivity contribution in [3.8, 4) is 5.69 Å². The number of aromatic nitrogens is 1. The van der Waals surface area contributed by atoms with Gasteiger partial charge in [-0.1, -0.05) is 92.2 Å². The predicted molar refractivity (Wildman–Crippen MR) is 150 cm³/mol. The first kappa shape index (κ1) is 25.4. The number of nitrogens with zero attached hydrogens (tertiary/aromatic N) is 2. The second kappa shape index (κ2) is 10.3. The predicted octanol–water partition coefficient (Wildman–Crippen LogP) is 6.14. The van der Waals surface area contributed by atoms with Crippen molar-refractivity contribution in [1.29, 1.82) is 0 Å². The largest absolute Gasteiger partial charge is 0.330 e. The molecule has 0 aliphatic heterocycles. The van der Waals surface area contributed by atoms with Crippen LogP contribution < -0.4 is 5.56 Å². The molecule has 192 valence electrons. The fraction of sp³-hybridized carbons (Fsp3) is 0.242. The van der Waals surface area contributed by atoms with Crippen molar-refractivity contribution in [2.45, 2.75) is 46.7 Å². The van der Waals surface area contributed by atoms with Crippen LogP contribution in [-0.2, 0) is 19.5 Å². The second-order valence-corrected chi connectivity index (χ2v) is 11.0. The zero-order valence-electron chi connectivity index (χ0n) is 22.1. The highest BCUT2D eigenvalue weighted by Gasteiger charge is 2.35. The van der Waals surface area contributed by atoms with Crippen LogP contribution in [0.5, 0.6) is 0 Å². The van der Waals surface area contributed by atoms with Crippen LogP contribution in [0, 0.1) is 12.3 Å². The third-order valence-electron chi connectivity index (χ3n) is 7.13. The number of benzene rings is 3. The van der Waals surface area contributed by atoms with Gasteiger partial charge in [-0.25, -0.2) is 0 Å². The van der Waals surface area contributed by atoms with Crippen LogP contribution >= 0.6 is 0 Å². The minimum atomic E-state index is -0.394. The Morgan fingerprint density at radius 1 is 0.816 bits per heavy atom. The monoisotopic (exact) mass is 504 g/mol. The van der Waals surface area contributed by atoms with Gasteiger partial charge in [-0.2, -0.15) is 0 Å². The van der Waals surface area contributed by atoms with E-state index < -0.39 is 5.56 Å². The molecule has 1 heterocycles. The van der Waals surface area contributed by atoms with Crippen LogP contribution in [-0.4, -0.2) is 21.2 Å². The number of hydrogen-bond donors (Lipinski definition) is 0. The number of amides is 1. The van der Waals surface area contributed by atoms with Crippen molar-refractivity contribution < 1.29 is 9.59 Å². The molecule has 0 atom stereocenters. The second-order valence-electron chi connectivity index (χ2n) is 11.0. The van der Waals surface area contributed by atoms with Gasteiger partial charge in [0, 0.05) is 36.5 Å². The van der Waals surface area contributed by atoms with Gasteiger partial charge < -0.3 is 4.90 Å². The molecule has 1 aromatic heterocycles. The van der Waals surface area contributed by atoms with Crippen molar-refractivity contribution in [3.05, 3.63) is 135 Å². The molecule has 1 amide bonds. The lowest BCUT2D eigenvalue weighted by atomic mass is 9.75. The number of hydrogen-bond acceptors (Lipinski definition) is 3. The molecule has 0 unspecified atom stereocenters. The summed E-state index contributed by atoms with van der Waals surface area (Å²) in [7, 11) is 0. The van der Waals surface area contributed by atoms with E-state index >= 15 is 0 Å². The van der Waals surface area contributed by atoms with E-state index in [0.29, 0.717) is 42.9 Å². The quantitative estimate of drug-likeness (QED) is 0.317. The molecule has 0 radical (unpaired) electrons. The Morgan fingerprint density at radius 2 is 1.37 bits per heavy atom. The summed E-state index contributed by atoms with van der Waals surface area (Å²) in [5, 5.41) is 0. The van der Waals surface area contributed by atoms with Crippen LogP contribution in [0.25, 0.3) is 5.69 Å². The summed E-state index contributed by atoms with van der Waals surface area (Å²) >= 11 is 0. The Kier molecular flexibility index (Phi) is 6.85. The summed E-state index contributed by atoms with van der Waals surface area (Å²) < 4.78 is 1.59. The highest BCUT2D eigenvalue weighted by atomic mass is 16.2. The van der Waals surface area contributed by atoms with Crippen LogP contribution in [0.1, 0.15) is 63.4 Å². The number of pyridine rings is 1. The van der Waals surface area contributed by atoms with E-state index in [1.165, 1.54) is 0 Å². The van der Waals surface area contributed by atoms with Gasteiger partial charge >= 0.3 is 0 Å². The van der Waals surface area contributed by atoms with Crippen LogP contribution in [0.3, 0.4) is 0 Å². The minimum Gasteiger partial charge on any atom is -0.330 e. The summed E-state index contributed by atoms with van der Waals surface area (Å²) in [4.78, 5) is 43.3. The topological polar surface area (TPSA) is 59.4 Å². The summed E-state index contributed by atoms with van der Waals surface area (Å²) in [6.45, 7) is 6.75. The number of fused-ring (bicyclic) bond motifs is 1. The number of ketones is 1. The molecule has 5 rings (SSSR count). The SMILES string of the molecule is Cc1ccc(-n2c3c(cc(C(=O)N(Cc4ccccc4)Cc4ccccc4)c2=O)C(=O)CC(C)(C)C3)cc1. The molecule has 5 nitrogen and oxygen atoms in total. The Morgan fingerprint density at radius 3 is 1.92 bits per heavy atom. The third-order valence-corrected chi connectivity index (χ3v) is 7.13. The zero-order valence-corrected chi connectivity index (χ0v) is 22.1. The van der Waals surface area contributed by atoms with E-state index in [0.717, 1.165) is 16.7 Å². The van der Waals surface area contributed by atoms with Gasteiger partial charge in [0.1, 0.15) is 5.56 Å². The number of Topliss-reactive ketones (excluding diaryl/α,β-unsaturated/α-hetero) is 1. The summed E-state index contributed by atoms with van der Waals surface area (Å²) in [5.41, 5.74) is 4.14. The Bertz CT molecular complexity index is 1490. The smallest absolute Gasteiger partial charge is 0.268 e. The minimum absolute atomic E-state index is 0.0178. The Labute approximate surface area is 223 Å². The van der Waals surface area contributed by atoms with Gasteiger partial charge in [0.05, 0.1) is 0 Å². The molecule has 0 saturated heterocycles. The maximum Gasteiger partial charge on any atom is 0.268 e. The van der Waals surface area contributed by atoms with Crippen molar-refractivity contribution in [3.63, 3.8) is 0 Å². The lowest BCUT2D eigenvalue weighted by Gasteiger charge is -2.32. The first-order valence-corrected chi connectivity index (χ1v) is 13.0. The van der Waals surface area contributed by atoms with Gasteiger partial charge in [-0.3, -0.25) is 19.0 Å². The van der Waals surface area contributed by atoms with Gasteiger partial charge in [-0.15, -0.1) is 0 Å². The third kappa shape index (κ3) is 5.23. The fourth-order valence-electron chi connectivity index (χ4n) is 5.21. The van der Waals surface area contributed by atoms with Gasteiger partial charge in [0.15, 0.2) is 5.78 Å². The molecule has 1 aliphatic rings. The number of carbonyl (C=O) groups is 2. The van der Waals surface area contributed by atoms with Gasteiger partial charge in [0.2, 0.25) is 0 Å². The van der Waals surface area contributed by atoms with Crippen molar-refractivity contribution in [1.82, 2.24) is 9.47 Å². The molecule has 5 heteroatoms. The molecule has 0 spiro atoms. The number of rotatable bonds is 6. The van der Waals surface area contributed by atoms with Crippen LogP contribution in [0.2, 0.25) is 0 Å². The molecular formula is C33H32N2O3. The number of carbonyl (C=O) groups excluding carboxylic acids is 2. The van der Waals surface area contributed by atoms with E-state index in [4.69, 9.17) is 0 Å². The Hall–Kier alpha value is -4.25. The van der Waals surface area contributed by atoms with Crippen molar-refractivity contribution in [2.24, 2.45) is 5.41 Å². The van der Waals surface area contributed by atoms with Crippen LogP contribution in [0.4, 0.5) is 0 Å². The van der Waals surface area contributed by atoms with E-state index in [1.54, 1.807) is 15.5 Å². The van der Waals surface area contributed by atoms with E-state index in [2.05, 4.69) is 0 Å². The van der Waals surface area contributed by atoms with E-state index in [-0.39, 0.29) is 22.7 Å². The summed E-state index contributed by atoms with van der Waals surface area (Å²) in [6.07, 6.45) is 0.945. The summed E-state index contributed by atoms with van der Waals surface area (Å²) in [6, 6.07) is 28.7. The fourth-order valence-corrected chi connectivity index (χ4v) is 5.21. The Balaban J connectivity index is 1.66. The lowest BCUT2D eigenvalue weighted by Crippen LogP contribution is -2.40.